The first-order valence-corrected chi connectivity index (χ1v) is 8.00. The van der Waals surface area contributed by atoms with Crippen LogP contribution in [0.25, 0.3) is 0 Å². The van der Waals surface area contributed by atoms with Crippen LogP contribution < -0.4 is 5.32 Å². The van der Waals surface area contributed by atoms with Crippen molar-refractivity contribution >= 4 is 28.2 Å². The number of carbonyl (C=O) groups excluding carboxylic acids is 2. The summed E-state index contributed by atoms with van der Waals surface area (Å²) in [6.45, 7) is 11.2. The minimum atomic E-state index is -0.546. The molecule has 21 heavy (non-hydrogen) atoms. The monoisotopic (exact) mass is 313 g/mol. The third-order valence-electron chi connectivity index (χ3n) is 3.01. The van der Waals surface area contributed by atoms with Crippen LogP contribution >= 0.6 is 11.3 Å². The van der Waals surface area contributed by atoms with Crippen molar-refractivity contribution < 1.29 is 14.3 Å². The molecule has 1 rings (SSSR count). The molecule has 0 saturated carbocycles. The second kappa shape index (κ2) is 8.74. The lowest BCUT2D eigenvalue weighted by Crippen LogP contribution is -2.28. The number of nitrogens with one attached hydrogen (secondary N) is 1. The van der Waals surface area contributed by atoms with Gasteiger partial charge in [-0.3, -0.25) is 4.79 Å². The van der Waals surface area contributed by atoms with Crippen LogP contribution in [0.2, 0.25) is 0 Å². The van der Waals surface area contributed by atoms with Crippen LogP contribution in [0.15, 0.2) is 0 Å². The SMILES string of the molecule is CCOC(=O)c1nc(NCCN(CC)CC)sc1C(C)=O. The van der Waals surface area contributed by atoms with Crippen LogP contribution in [0.4, 0.5) is 5.13 Å². The molecule has 0 atom stereocenters. The van der Waals surface area contributed by atoms with Gasteiger partial charge in [0, 0.05) is 20.0 Å². The van der Waals surface area contributed by atoms with E-state index in [0.29, 0.717) is 10.0 Å². The molecule has 1 heterocycles. The fraction of sp³-hybridized carbons (Fsp3) is 0.643. The minimum Gasteiger partial charge on any atom is -0.461 e. The molecule has 0 aliphatic carbocycles. The average molecular weight is 313 g/mol. The van der Waals surface area contributed by atoms with E-state index in [-0.39, 0.29) is 18.1 Å². The number of hydrogen-bond acceptors (Lipinski definition) is 7. The molecule has 0 unspecified atom stereocenters. The third-order valence-corrected chi connectivity index (χ3v) is 4.13. The van der Waals surface area contributed by atoms with Crippen LogP contribution in [0.5, 0.6) is 0 Å². The van der Waals surface area contributed by atoms with E-state index in [4.69, 9.17) is 4.74 Å². The first kappa shape index (κ1) is 17.6. The van der Waals surface area contributed by atoms with E-state index in [9.17, 15) is 9.59 Å². The zero-order valence-corrected chi connectivity index (χ0v) is 13.9. The van der Waals surface area contributed by atoms with E-state index in [1.165, 1.54) is 18.3 Å². The second-order valence-corrected chi connectivity index (χ2v) is 5.43. The lowest BCUT2D eigenvalue weighted by Gasteiger charge is -2.17. The maximum Gasteiger partial charge on any atom is 0.358 e. The number of thiazole rings is 1. The van der Waals surface area contributed by atoms with E-state index < -0.39 is 5.97 Å². The largest absolute Gasteiger partial charge is 0.461 e. The lowest BCUT2D eigenvalue weighted by molar-refractivity contribution is 0.0517. The molecule has 1 aromatic rings. The summed E-state index contributed by atoms with van der Waals surface area (Å²) in [7, 11) is 0. The summed E-state index contributed by atoms with van der Waals surface area (Å²) in [6.07, 6.45) is 0. The molecule has 0 fully saturated rings. The topological polar surface area (TPSA) is 71.5 Å². The highest BCUT2D eigenvalue weighted by Crippen LogP contribution is 2.24. The maximum absolute atomic E-state index is 11.8. The third kappa shape index (κ3) is 5.09. The van der Waals surface area contributed by atoms with E-state index >= 15 is 0 Å². The highest BCUT2D eigenvalue weighted by atomic mass is 32.1. The van der Waals surface area contributed by atoms with Gasteiger partial charge in [0.2, 0.25) is 0 Å². The summed E-state index contributed by atoms with van der Waals surface area (Å²) >= 11 is 1.20. The van der Waals surface area contributed by atoms with Gasteiger partial charge < -0.3 is 15.0 Å². The number of Topliss-reactive ketones (excluding diaryl/α,β-unsaturated/α-hetero) is 1. The summed E-state index contributed by atoms with van der Waals surface area (Å²) in [5, 5.41) is 3.74. The summed E-state index contributed by atoms with van der Waals surface area (Å²) in [4.78, 5) is 30.2. The molecule has 0 aliphatic heterocycles. The Bertz CT molecular complexity index is 484. The number of ether oxygens (including phenoxy) is 1. The van der Waals surface area contributed by atoms with Crippen LogP contribution in [0.1, 0.15) is 47.9 Å². The molecule has 0 spiro atoms. The van der Waals surface area contributed by atoms with Gasteiger partial charge in [-0.1, -0.05) is 25.2 Å². The van der Waals surface area contributed by atoms with Gasteiger partial charge in [-0.15, -0.1) is 0 Å². The van der Waals surface area contributed by atoms with Crippen molar-refractivity contribution in [3.63, 3.8) is 0 Å². The van der Waals surface area contributed by atoms with Crippen LogP contribution in [-0.4, -0.2) is 54.4 Å². The second-order valence-electron chi connectivity index (χ2n) is 4.43. The summed E-state index contributed by atoms with van der Waals surface area (Å²) < 4.78 is 4.93. The molecule has 0 amide bonds. The van der Waals surface area contributed by atoms with Gasteiger partial charge in [-0.2, -0.15) is 0 Å². The number of likely N-dealkylation sites (N-methyl/N-ethyl adjacent to an activating group) is 1. The molecule has 0 bridgehead atoms. The Hall–Kier alpha value is -1.47. The van der Waals surface area contributed by atoms with Crippen molar-refractivity contribution in [2.24, 2.45) is 0 Å². The van der Waals surface area contributed by atoms with Crippen LogP contribution in [0.3, 0.4) is 0 Å². The summed E-state index contributed by atoms with van der Waals surface area (Å²) in [5.41, 5.74) is 0.111. The number of aromatic nitrogens is 1. The number of anilines is 1. The van der Waals surface area contributed by atoms with E-state index in [0.717, 1.165) is 26.2 Å². The van der Waals surface area contributed by atoms with Crippen molar-refractivity contribution in [1.29, 1.82) is 0 Å². The van der Waals surface area contributed by atoms with Crippen molar-refractivity contribution in [3.05, 3.63) is 10.6 Å². The zero-order chi connectivity index (χ0) is 15.8. The fourth-order valence-corrected chi connectivity index (χ4v) is 2.71. The van der Waals surface area contributed by atoms with Crippen molar-refractivity contribution in [1.82, 2.24) is 9.88 Å². The normalized spacial score (nSPS) is 10.7. The van der Waals surface area contributed by atoms with Crippen molar-refractivity contribution in [2.45, 2.75) is 27.7 Å². The summed E-state index contributed by atoms with van der Waals surface area (Å²) in [5.74, 6) is -0.719. The van der Waals surface area contributed by atoms with Gasteiger partial charge >= 0.3 is 5.97 Å². The van der Waals surface area contributed by atoms with Gasteiger partial charge in [0.05, 0.1) is 6.61 Å². The van der Waals surface area contributed by atoms with Crippen molar-refractivity contribution in [3.8, 4) is 0 Å². The minimum absolute atomic E-state index is 0.111. The Morgan fingerprint density at radius 3 is 2.48 bits per heavy atom. The van der Waals surface area contributed by atoms with E-state index in [1.807, 2.05) is 0 Å². The molecule has 0 radical (unpaired) electrons. The molecule has 0 aromatic carbocycles. The van der Waals surface area contributed by atoms with Gasteiger partial charge in [0.15, 0.2) is 16.6 Å². The Balaban J connectivity index is 2.74. The highest BCUT2D eigenvalue weighted by molar-refractivity contribution is 7.17. The molecule has 0 saturated heterocycles. The van der Waals surface area contributed by atoms with E-state index in [1.54, 1.807) is 6.92 Å². The lowest BCUT2D eigenvalue weighted by atomic mass is 10.3. The molecule has 1 N–H and O–H groups in total. The predicted octanol–water partition coefficient (Wildman–Crippen LogP) is 2.28. The van der Waals surface area contributed by atoms with Crippen LogP contribution in [0, 0.1) is 0 Å². The zero-order valence-electron chi connectivity index (χ0n) is 13.1. The predicted molar refractivity (Wildman–Crippen MR) is 84.4 cm³/mol. The Labute approximate surface area is 129 Å². The molecule has 7 heteroatoms. The highest BCUT2D eigenvalue weighted by Gasteiger charge is 2.22. The first-order chi connectivity index (χ1) is 10.0. The number of rotatable bonds is 9. The average Bonchev–Trinajstić information content (AvgIpc) is 2.88. The Morgan fingerprint density at radius 2 is 1.95 bits per heavy atom. The van der Waals surface area contributed by atoms with E-state index in [2.05, 4.69) is 29.0 Å². The Kier molecular flexibility index (Phi) is 7.31. The van der Waals surface area contributed by atoms with Gasteiger partial charge in [-0.05, 0) is 20.0 Å². The number of carbonyl (C=O) groups is 2. The molecular weight excluding hydrogens is 290 g/mol. The molecule has 118 valence electrons. The standard InChI is InChI=1S/C14H23N3O3S/c1-5-17(6-2)9-8-15-14-16-11(13(19)20-7-3)12(21-14)10(4)18/h5-9H2,1-4H3,(H,15,16). The molecule has 1 aromatic heterocycles. The first-order valence-electron chi connectivity index (χ1n) is 7.18. The number of nitrogens with zero attached hydrogens (tertiary/aromatic N) is 2. The molecular formula is C14H23N3O3S. The quantitative estimate of drug-likeness (QED) is 0.557. The van der Waals surface area contributed by atoms with Crippen LogP contribution in [-0.2, 0) is 4.74 Å². The van der Waals surface area contributed by atoms with Crippen molar-refractivity contribution in [2.75, 3.05) is 38.1 Å². The number of ketones is 1. The summed E-state index contributed by atoms with van der Waals surface area (Å²) in [6, 6.07) is 0. The molecule has 0 aliphatic rings. The van der Waals surface area contributed by atoms with Gasteiger partial charge in [0.1, 0.15) is 4.88 Å². The number of esters is 1. The fourth-order valence-electron chi connectivity index (χ4n) is 1.83. The van der Waals surface area contributed by atoms with Gasteiger partial charge in [-0.25, -0.2) is 9.78 Å². The maximum atomic E-state index is 11.8. The molecule has 6 nitrogen and oxygen atoms in total. The number of hydrogen-bond donors (Lipinski definition) is 1. The Morgan fingerprint density at radius 1 is 1.29 bits per heavy atom. The van der Waals surface area contributed by atoms with Gasteiger partial charge in [0.25, 0.3) is 0 Å². The smallest absolute Gasteiger partial charge is 0.358 e.